The summed E-state index contributed by atoms with van der Waals surface area (Å²) in [6, 6.07) is 26.3. The van der Waals surface area contributed by atoms with Gasteiger partial charge >= 0.3 is 0 Å². The number of hydrogen-bond acceptors (Lipinski definition) is 5. The maximum Gasteiger partial charge on any atom is 0.265 e. The maximum absolute atomic E-state index is 13.5. The van der Waals surface area contributed by atoms with Crippen LogP contribution >= 0.6 is 0 Å². The lowest BCUT2D eigenvalue weighted by Gasteiger charge is -2.26. The van der Waals surface area contributed by atoms with Crippen LogP contribution in [0.25, 0.3) is 27.4 Å². The lowest BCUT2D eigenvalue weighted by atomic mass is 10.1. The predicted octanol–water partition coefficient (Wildman–Crippen LogP) is 6.35. The van der Waals surface area contributed by atoms with E-state index >= 15 is 0 Å². The van der Waals surface area contributed by atoms with Crippen LogP contribution in [-0.2, 0) is 0 Å². The van der Waals surface area contributed by atoms with Gasteiger partial charge in [-0.15, -0.1) is 0 Å². The van der Waals surface area contributed by atoms with Crippen LogP contribution < -0.4 is 15.6 Å². The first-order chi connectivity index (χ1) is 20.0. The summed E-state index contributed by atoms with van der Waals surface area (Å²) in [5.41, 5.74) is 2.26. The van der Waals surface area contributed by atoms with E-state index in [-0.39, 0.29) is 11.5 Å². The van der Waals surface area contributed by atoms with Crippen molar-refractivity contribution in [1.82, 2.24) is 14.5 Å². The van der Waals surface area contributed by atoms with Crippen LogP contribution in [0.15, 0.2) is 89.7 Å². The standard InChI is InChI=1S/C34H34N4O3/c1-24-35-32-23-28(36-33(39)27-11-10-25-8-3-4-9-26(25)22-27)12-17-31(32)34(40)38(24)29-13-15-30(16-14-29)41-21-7-20-37-18-5-2-6-19-37/h3-4,8-17,22-23H,2,5-7,18-21H2,1H3,(H,36,39). The molecule has 0 spiro atoms. The highest BCUT2D eigenvalue weighted by atomic mass is 16.5. The van der Waals surface area contributed by atoms with Crippen LogP contribution in [0.1, 0.15) is 41.9 Å². The number of aromatic nitrogens is 2. The number of anilines is 1. The minimum absolute atomic E-state index is 0.157. The van der Waals surface area contributed by atoms with Crippen LogP contribution in [0.4, 0.5) is 5.69 Å². The van der Waals surface area contributed by atoms with Crippen LogP contribution in [0.5, 0.6) is 5.75 Å². The second kappa shape index (κ2) is 11.9. The third-order valence-electron chi connectivity index (χ3n) is 7.74. The highest BCUT2D eigenvalue weighted by Crippen LogP contribution is 2.21. The van der Waals surface area contributed by atoms with Gasteiger partial charge in [0.2, 0.25) is 0 Å². The Morgan fingerprint density at radius 2 is 1.68 bits per heavy atom. The van der Waals surface area contributed by atoms with Gasteiger partial charge in [0.1, 0.15) is 11.6 Å². The van der Waals surface area contributed by atoms with E-state index in [1.807, 2.05) is 73.7 Å². The van der Waals surface area contributed by atoms with Gasteiger partial charge in [0.25, 0.3) is 11.5 Å². The lowest BCUT2D eigenvalue weighted by Crippen LogP contribution is -2.31. The molecule has 0 atom stereocenters. The third-order valence-corrected chi connectivity index (χ3v) is 7.74. The van der Waals surface area contributed by atoms with Crippen molar-refractivity contribution in [2.24, 2.45) is 0 Å². The molecular formula is C34H34N4O3. The lowest BCUT2D eigenvalue weighted by molar-refractivity contribution is 0.102. The number of piperidine rings is 1. The van der Waals surface area contributed by atoms with Crippen LogP contribution in [0, 0.1) is 6.92 Å². The number of amides is 1. The molecule has 1 saturated heterocycles. The van der Waals surface area contributed by atoms with Gasteiger partial charge in [-0.25, -0.2) is 4.98 Å². The fraction of sp³-hybridized carbons (Fsp3) is 0.265. The van der Waals surface area contributed by atoms with E-state index in [4.69, 9.17) is 9.72 Å². The Balaban J connectivity index is 1.14. The van der Waals surface area contributed by atoms with E-state index in [1.54, 1.807) is 22.8 Å². The number of fused-ring (bicyclic) bond motifs is 2. The molecule has 1 aliphatic heterocycles. The fourth-order valence-corrected chi connectivity index (χ4v) is 5.57. The molecule has 4 aromatic carbocycles. The summed E-state index contributed by atoms with van der Waals surface area (Å²) < 4.78 is 7.56. The Hall–Kier alpha value is -4.49. The van der Waals surface area contributed by atoms with Crippen molar-refractivity contribution in [2.75, 3.05) is 31.6 Å². The molecule has 7 heteroatoms. The summed E-state index contributed by atoms with van der Waals surface area (Å²) in [7, 11) is 0. The molecule has 208 valence electrons. The van der Waals surface area contributed by atoms with Crippen molar-refractivity contribution in [3.8, 4) is 11.4 Å². The molecule has 0 saturated carbocycles. The zero-order valence-electron chi connectivity index (χ0n) is 23.3. The van der Waals surface area contributed by atoms with Gasteiger partial charge in [-0.2, -0.15) is 0 Å². The molecule has 1 N–H and O–H groups in total. The van der Waals surface area contributed by atoms with Crippen molar-refractivity contribution >= 4 is 33.3 Å². The summed E-state index contributed by atoms with van der Waals surface area (Å²) in [5, 5.41) is 5.51. The van der Waals surface area contributed by atoms with E-state index in [2.05, 4.69) is 10.2 Å². The molecule has 0 unspecified atom stereocenters. The average molecular weight is 547 g/mol. The summed E-state index contributed by atoms with van der Waals surface area (Å²) in [6.07, 6.45) is 4.95. The van der Waals surface area contributed by atoms with Crippen molar-refractivity contribution in [3.63, 3.8) is 0 Å². The molecule has 2 heterocycles. The van der Waals surface area contributed by atoms with Crippen molar-refractivity contribution < 1.29 is 9.53 Å². The Labute approximate surface area is 239 Å². The quantitative estimate of drug-likeness (QED) is 0.229. The number of nitrogens with one attached hydrogen (secondary N) is 1. The summed E-state index contributed by atoms with van der Waals surface area (Å²) in [4.78, 5) is 33.6. The molecule has 0 aliphatic carbocycles. The summed E-state index contributed by atoms with van der Waals surface area (Å²) in [6.45, 7) is 5.95. The van der Waals surface area contributed by atoms with Crippen molar-refractivity contribution in [1.29, 1.82) is 0 Å². The molecule has 6 rings (SSSR count). The monoisotopic (exact) mass is 546 g/mol. The molecule has 5 aromatic rings. The van der Waals surface area contributed by atoms with E-state index in [9.17, 15) is 9.59 Å². The highest BCUT2D eigenvalue weighted by Gasteiger charge is 2.13. The predicted molar refractivity (Wildman–Crippen MR) is 164 cm³/mol. The van der Waals surface area contributed by atoms with Crippen molar-refractivity contribution in [3.05, 3.63) is 107 Å². The number of benzene rings is 4. The molecule has 1 aliphatic rings. The van der Waals surface area contributed by atoms with Crippen molar-refractivity contribution in [2.45, 2.75) is 32.6 Å². The summed E-state index contributed by atoms with van der Waals surface area (Å²) in [5.74, 6) is 1.14. The van der Waals surface area contributed by atoms with Gasteiger partial charge in [0.15, 0.2) is 0 Å². The SMILES string of the molecule is Cc1nc2cc(NC(=O)c3ccc4ccccc4c3)ccc2c(=O)n1-c1ccc(OCCCN2CCCCC2)cc1. The first-order valence-electron chi connectivity index (χ1n) is 14.3. The van der Waals surface area contributed by atoms with Gasteiger partial charge < -0.3 is 15.0 Å². The molecule has 0 radical (unpaired) electrons. The third kappa shape index (κ3) is 6.00. The van der Waals surface area contributed by atoms with Gasteiger partial charge in [-0.05, 0) is 105 Å². The van der Waals surface area contributed by atoms with E-state index in [0.29, 0.717) is 34.6 Å². The smallest absolute Gasteiger partial charge is 0.265 e. The molecule has 1 aromatic heterocycles. The minimum atomic E-state index is -0.214. The molecule has 1 fully saturated rings. The van der Waals surface area contributed by atoms with Crippen LogP contribution in [-0.4, -0.2) is 46.6 Å². The van der Waals surface area contributed by atoms with Gasteiger partial charge in [-0.1, -0.05) is 36.8 Å². The van der Waals surface area contributed by atoms with E-state index in [0.717, 1.165) is 35.2 Å². The zero-order chi connectivity index (χ0) is 28.2. The zero-order valence-corrected chi connectivity index (χ0v) is 23.3. The normalized spacial score (nSPS) is 13.9. The Bertz CT molecular complexity index is 1750. The van der Waals surface area contributed by atoms with Gasteiger partial charge in [0, 0.05) is 17.8 Å². The van der Waals surface area contributed by atoms with Gasteiger partial charge in [0.05, 0.1) is 23.2 Å². The minimum Gasteiger partial charge on any atom is -0.494 e. The second-order valence-corrected chi connectivity index (χ2v) is 10.6. The van der Waals surface area contributed by atoms with E-state index in [1.165, 1.54) is 32.4 Å². The molecule has 1 amide bonds. The number of hydrogen-bond donors (Lipinski definition) is 1. The molecule has 0 bridgehead atoms. The number of aryl methyl sites for hydroxylation is 1. The van der Waals surface area contributed by atoms with Crippen LogP contribution in [0.3, 0.4) is 0 Å². The fourth-order valence-electron chi connectivity index (χ4n) is 5.57. The first kappa shape index (κ1) is 26.7. The maximum atomic E-state index is 13.5. The average Bonchev–Trinajstić information content (AvgIpc) is 3.00. The highest BCUT2D eigenvalue weighted by molar-refractivity contribution is 6.07. The van der Waals surface area contributed by atoms with Gasteiger partial charge in [-0.3, -0.25) is 14.2 Å². The topological polar surface area (TPSA) is 76.5 Å². The summed E-state index contributed by atoms with van der Waals surface area (Å²) >= 11 is 0. The number of rotatable bonds is 8. The molecule has 7 nitrogen and oxygen atoms in total. The number of likely N-dealkylation sites (tertiary alicyclic amines) is 1. The first-order valence-corrected chi connectivity index (χ1v) is 14.3. The molecule has 41 heavy (non-hydrogen) atoms. The Morgan fingerprint density at radius 3 is 2.49 bits per heavy atom. The van der Waals surface area contributed by atoms with Crippen LogP contribution in [0.2, 0.25) is 0 Å². The van der Waals surface area contributed by atoms with E-state index < -0.39 is 0 Å². The number of nitrogens with zero attached hydrogens (tertiary/aromatic N) is 3. The number of ether oxygens (including phenoxy) is 1. The number of carbonyl (C=O) groups excluding carboxylic acids is 1. The Morgan fingerprint density at radius 1 is 0.902 bits per heavy atom. The Kier molecular flexibility index (Phi) is 7.78. The molecular weight excluding hydrogens is 512 g/mol. The number of carbonyl (C=O) groups is 1. The second-order valence-electron chi connectivity index (χ2n) is 10.6. The largest absolute Gasteiger partial charge is 0.494 e.